The van der Waals surface area contributed by atoms with Crippen molar-refractivity contribution in [3.63, 3.8) is 0 Å². The highest BCUT2D eigenvalue weighted by molar-refractivity contribution is 5.76. The van der Waals surface area contributed by atoms with Gasteiger partial charge in [-0.05, 0) is 51.2 Å². The molecule has 2 aromatic rings. The summed E-state index contributed by atoms with van der Waals surface area (Å²) in [7, 11) is 0. The third-order valence-electron chi connectivity index (χ3n) is 5.13. The van der Waals surface area contributed by atoms with Crippen LogP contribution in [0.15, 0.2) is 30.3 Å². The predicted octanol–water partition coefficient (Wildman–Crippen LogP) is 2.88. The smallest absolute Gasteiger partial charge is 0.407 e. The van der Waals surface area contributed by atoms with Gasteiger partial charge in [-0.25, -0.2) is 4.79 Å². The lowest BCUT2D eigenvalue weighted by Crippen LogP contribution is -2.42. The van der Waals surface area contributed by atoms with Gasteiger partial charge >= 0.3 is 6.09 Å². The van der Waals surface area contributed by atoms with Crippen LogP contribution >= 0.6 is 0 Å². The number of carbonyl (C=O) groups is 2. The van der Waals surface area contributed by atoms with E-state index in [0.717, 1.165) is 31.5 Å². The largest absolute Gasteiger partial charge is 0.444 e. The number of amides is 2. The van der Waals surface area contributed by atoms with Crippen molar-refractivity contribution in [2.24, 2.45) is 5.92 Å². The van der Waals surface area contributed by atoms with E-state index >= 15 is 0 Å². The molecule has 31 heavy (non-hydrogen) atoms. The van der Waals surface area contributed by atoms with Crippen molar-refractivity contribution in [3.05, 3.63) is 30.3 Å². The summed E-state index contributed by atoms with van der Waals surface area (Å²) >= 11 is 0. The number of aromatic nitrogens is 4. The molecule has 1 N–H and O–H groups in total. The van der Waals surface area contributed by atoms with Gasteiger partial charge in [-0.2, -0.15) is 4.80 Å². The second-order valence-corrected chi connectivity index (χ2v) is 8.89. The third-order valence-corrected chi connectivity index (χ3v) is 5.13. The number of nitrogens with zero attached hydrogens (tertiary/aromatic N) is 5. The molecule has 1 aromatic carbocycles. The van der Waals surface area contributed by atoms with E-state index < -0.39 is 5.60 Å². The Morgan fingerprint density at radius 2 is 1.87 bits per heavy atom. The fraction of sp³-hybridized carbons (Fsp3) is 0.591. The summed E-state index contributed by atoms with van der Waals surface area (Å²) < 4.78 is 5.26. The van der Waals surface area contributed by atoms with Crippen LogP contribution < -0.4 is 5.32 Å². The maximum atomic E-state index is 12.5. The van der Waals surface area contributed by atoms with E-state index in [9.17, 15) is 9.59 Å². The molecule has 0 radical (unpaired) electrons. The number of alkyl carbamates (subject to hydrolysis) is 1. The van der Waals surface area contributed by atoms with Gasteiger partial charge in [0.2, 0.25) is 11.7 Å². The minimum atomic E-state index is -0.495. The Labute approximate surface area is 183 Å². The molecule has 0 saturated carbocycles. The van der Waals surface area contributed by atoms with Crippen LogP contribution in [-0.2, 0) is 16.1 Å². The molecule has 9 nitrogen and oxygen atoms in total. The molecule has 0 atom stereocenters. The number of ether oxygens (including phenoxy) is 1. The fourth-order valence-corrected chi connectivity index (χ4v) is 3.50. The number of aryl methyl sites for hydroxylation is 1. The van der Waals surface area contributed by atoms with Crippen molar-refractivity contribution in [2.45, 2.75) is 58.6 Å². The Bertz CT molecular complexity index is 854. The quantitative estimate of drug-likeness (QED) is 0.727. The van der Waals surface area contributed by atoms with Crippen molar-refractivity contribution in [2.75, 3.05) is 19.6 Å². The molecule has 2 amide bonds. The molecule has 1 aliphatic heterocycles. The highest BCUT2D eigenvalue weighted by Gasteiger charge is 2.24. The van der Waals surface area contributed by atoms with Gasteiger partial charge in [-0.15, -0.1) is 10.2 Å². The van der Waals surface area contributed by atoms with Crippen LogP contribution in [0.3, 0.4) is 0 Å². The second kappa shape index (κ2) is 10.4. The topological polar surface area (TPSA) is 102 Å². The SMILES string of the molecule is CC(C)(C)OC(=O)NCC1CCN(C(=O)CCCn2nnc(-c3ccccc3)n2)CC1. The van der Waals surface area contributed by atoms with E-state index in [1.165, 1.54) is 0 Å². The number of hydrogen-bond donors (Lipinski definition) is 1. The molecule has 1 aliphatic rings. The zero-order valence-corrected chi connectivity index (χ0v) is 18.6. The average molecular weight is 429 g/mol. The first-order chi connectivity index (χ1) is 14.8. The Balaban J connectivity index is 1.33. The predicted molar refractivity (Wildman–Crippen MR) is 116 cm³/mol. The highest BCUT2D eigenvalue weighted by atomic mass is 16.6. The fourth-order valence-electron chi connectivity index (χ4n) is 3.50. The van der Waals surface area contributed by atoms with Crippen molar-refractivity contribution < 1.29 is 14.3 Å². The molecule has 0 aliphatic carbocycles. The minimum Gasteiger partial charge on any atom is -0.444 e. The van der Waals surface area contributed by atoms with Gasteiger partial charge in [0, 0.05) is 31.6 Å². The van der Waals surface area contributed by atoms with Gasteiger partial charge in [0.25, 0.3) is 0 Å². The molecule has 0 unspecified atom stereocenters. The number of tetrazole rings is 1. The van der Waals surface area contributed by atoms with Gasteiger partial charge in [0.1, 0.15) is 5.60 Å². The van der Waals surface area contributed by atoms with Gasteiger partial charge in [0.15, 0.2) is 0 Å². The second-order valence-electron chi connectivity index (χ2n) is 8.89. The van der Waals surface area contributed by atoms with Crippen molar-refractivity contribution in [3.8, 4) is 11.4 Å². The highest BCUT2D eigenvalue weighted by Crippen LogP contribution is 2.18. The molecular weight excluding hydrogens is 396 g/mol. The van der Waals surface area contributed by atoms with Crippen LogP contribution in [0.4, 0.5) is 4.79 Å². The van der Waals surface area contributed by atoms with Crippen LogP contribution in [0.25, 0.3) is 11.4 Å². The minimum absolute atomic E-state index is 0.155. The summed E-state index contributed by atoms with van der Waals surface area (Å²) in [5.74, 6) is 1.11. The number of piperidine rings is 1. The van der Waals surface area contributed by atoms with Crippen molar-refractivity contribution in [1.29, 1.82) is 0 Å². The molecule has 9 heteroatoms. The first kappa shape index (κ1) is 22.7. The van der Waals surface area contributed by atoms with Gasteiger partial charge in [-0.3, -0.25) is 4.79 Å². The maximum absolute atomic E-state index is 12.5. The van der Waals surface area contributed by atoms with E-state index in [0.29, 0.717) is 37.7 Å². The Kier molecular flexibility index (Phi) is 7.59. The first-order valence-electron chi connectivity index (χ1n) is 10.9. The zero-order valence-electron chi connectivity index (χ0n) is 18.6. The number of carbonyl (C=O) groups excluding carboxylic acids is 2. The summed E-state index contributed by atoms with van der Waals surface area (Å²) in [5.41, 5.74) is 0.430. The lowest BCUT2D eigenvalue weighted by atomic mass is 9.96. The summed E-state index contributed by atoms with van der Waals surface area (Å²) in [5, 5.41) is 15.4. The van der Waals surface area contributed by atoms with E-state index in [1.54, 1.807) is 4.80 Å². The van der Waals surface area contributed by atoms with Crippen LogP contribution in [0, 0.1) is 5.92 Å². The number of hydrogen-bond acceptors (Lipinski definition) is 6. The summed E-state index contributed by atoms with van der Waals surface area (Å²) in [6.07, 6.45) is 2.51. The molecule has 0 spiro atoms. The molecule has 168 valence electrons. The molecule has 2 heterocycles. The van der Waals surface area contributed by atoms with Crippen LogP contribution in [0.2, 0.25) is 0 Å². The molecule has 1 aromatic heterocycles. The van der Waals surface area contributed by atoms with Crippen molar-refractivity contribution >= 4 is 12.0 Å². The Morgan fingerprint density at radius 1 is 1.16 bits per heavy atom. The van der Waals surface area contributed by atoms with Gasteiger partial charge in [0.05, 0.1) is 6.54 Å². The molecule has 1 fully saturated rings. The Morgan fingerprint density at radius 3 is 2.55 bits per heavy atom. The molecule has 1 saturated heterocycles. The molecular formula is C22H32N6O3. The van der Waals surface area contributed by atoms with Crippen LogP contribution in [-0.4, -0.2) is 62.3 Å². The van der Waals surface area contributed by atoms with Gasteiger partial charge in [-0.1, -0.05) is 30.3 Å². The molecule has 0 bridgehead atoms. The van der Waals surface area contributed by atoms with Gasteiger partial charge < -0.3 is 15.0 Å². The lowest BCUT2D eigenvalue weighted by molar-refractivity contribution is -0.132. The summed E-state index contributed by atoms with van der Waals surface area (Å²) in [6, 6.07) is 9.70. The van der Waals surface area contributed by atoms with E-state index in [2.05, 4.69) is 20.7 Å². The zero-order chi connectivity index (χ0) is 22.3. The number of benzene rings is 1. The van der Waals surface area contributed by atoms with Crippen molar-refractivity contribution in [1.82, 2.24) is 30.4 Å². The third kappa shape index (κ3) is 7.34. The number of nitrogens with one attached hydrogen (secondary N) is 1. The van der Waals surface area contributed by atoms with Crippen LogP contribution in [0.1, 0.15) is 46.5 Å². The van der Waals surface area contributed by atoms with Crippen LogP contribution in [0.5, 0.6) is 0 Å². The summed E-state index contributed by atoms with van der Waals surface area (Å²) in [4.78, 5) is 27.7. The number of rotatable bonds is 7. The Hall–Kier alpha value is -2.97. The maximum Gasteiger partial charge on any atom is 0.407 e. The first-order valence-corrected chi connectivity index (χ1v) is 10.9. The van der Waals surface area contributed by atoms with E-state index in [-0.39, 0.29) is 12.0 Å². The number of likely N-dealkylation sites (tertiary alicyclic amines) is 1. The van der Waals surface area contributed by atoms with E-state index in [1.807, 2.05) is 56.0 Å². The lowest BCUT2D eigenvalue weighted by Gasteiger charge is -2.32. The average Bonchev–Trinajstić information content (AvgIpc) is 3.21. The monoisotopic (exact) mass is 428 g/mol. The van der Waals surface area contributed by atoms with E-state index in [4.69, 9.17) is 4.74 Å². The normalized spacial score (nSPS) is 15.0. The standard InChI is InChI=1S/C22H32N6O3/c1-22(2,3)31-21(30)23-16-17-11-14-27(15-12-17)19(29)10-7-13-28-25-20(24-26-28)18-8-5-4-6-9-18/h4-6,8-9,17H,7,10-16H2,1-3H3,(H,23,30). The summed E-state index contributed by atoms with van der Waals surface area (Å²) in [6.45, 7) is 8.12. The molecule has 3 rings (SSSR count).